The van der Waals surface area contributed by atoms with Gasteiger partial charge in [0, 0.05) is 43.8 Å². The van der Waals surface area contributed by atoms with Crippen molar-refractivity contribution in [1.29, 1.82) is 0 Å². The van der Waals surface area contributed by atoms with E-state index >= 15 is 0 Å². The van der Waals surface area contributed by atoms with Crippen LogP contribution >= 0.6 is 0 Å². The maximum Gasteiger partial charge on any atom is 0.272 e. The lowest BCUT2D eigenvalue weighted by atomic mass is 10.0. The molecule has 9 nitrogen and oxygen atoms in total. The third-order valence-corrected chi connectivity index (χ3v) is 5.84. The van der Waals surface area contributed by atoms with Gasteiger partial charge in [0.25, 0.3) is 5.69 Å². The molecule has 2 unspecified atom stereocenters. The first-order valence-electron chi connectivity index (χ1n) is 10.6. The Balaban J connectivity index is 1.58. The zero-order chi connectivity index (χ0) is 24.5. The molecule has 3 aromatic rings. The number of hydrogen-bond donors (Lipinski definition) is 2. The zero-order valence-corrected chi connectivity index (χ0v) is 18.7. The van der Waals surface area contributed by atoms with Gasteiger partial charge in [0.1, 0.15) is 17.1 Å². The molecule has 0 spiro atoms. The van der Waals surface area contributed by atoms with Gasteiger partial charge in [-0.1, -0.05) is 11.8 Å². The van der Waals surface area contributed by atoms with Gasteiger partial charge in [-0.25, -0.2) is 9.37 Å². The standard InChI is InChI=1S/C24H24FN5O4/c1-24(2,29-14-19(20(31)15-29)28-11-3-4-12-28)9-7-17-21(8-10-27-23(17)26)34-22-6-5-16(30(32)33)13-18(22)25/h3-6,8,10-13,19-20,31H,14-15H2,1-2H3,(H2,26,27). The fraction of sp³-hybridized carbons (Fsp3) is 0.292. The molecular formula is C24H24FN5O4. The number of nitro groups is 1. The molecule has 176 valence electrons. The molecule has 0 radical (unpaired) electrons. The molecule has 0 saturated carbocycles. The Kier molecular flexibility index (Phi) is 6.24. The van der Waals surface area contributed by atoms with Crippen molar-refractivity contribution in [2.75, 3.05) is 18.8 Å². The minimum absolute atomic E-state index is 0.0801. The Bertz CT molecular complexity index is 1270. The van der Waals surface area contributed by atoms with Gasteiger partial charge < -0.3 is 20.1 Å². The molecule has 0 bridgehead atoms. The second-order valence-corrected chi connectivity index (χ2v) is 8.52. The third kappa shape index (κ3) is 4.71. The van der Waals surface area contributed by atoms with Gasteiger partial charge in [-0.3, -0.25) is 15.0 Å². The van der Waals surface area contributed by atoms with Crippen LogP contribution in [0.15, 0.2) is 55.0 Å². The van der Waals surface area contributed by atoms with E-state index in [2.05, 4.69) is 21.7 Å². The lowest BCUT2D eigenvalue weighted by Crippen LogP contribution is -2.41. The number of hydrogen-bond acceptors (Lipinski definition) is 7. The second kappa shape index (κ2) is 9.13. The zero-order valence-electron chi connectivity index (χ0n) is 18.7. The number of benzene rings is 1. The van der Waals surface area contributed by atoms with Gasteiger partial charge in [-0.2, -0.15) is 0 Å². The highest BCUT2D eigenvalue weighted by Crippen LogP contribution is 2.32. The molecule has 1 saturated heterocycles. The fourth-order valence-electron chi connectivity index (χ4n) is 3.86. The van der Waals surface area contributed by atoms with Gasteiger partial charge in [-0.15, -0.1) is 0 Å². The van der Waals surface area contributed by atoms with Crippen molar-refractivity contribution in [2.24, 2.45) is 0 Å². The van der Waals surface area contributed by atoms with Crippen molar-refractivity contribution in [3.63, 3.8) is 0 Å². The Morgan fingerprint density at radius 2 is 2.00 bits per heavy atom. The van der Waals surface area contributed by atoms with Gasteiger partial charge in [-0.05, 0) is 32.0 Å². The summed E-state index contributed by atoms with van der Waals surface area (Å²) < 4.78 is 22.0. The number of non-ortho nitro benzene ring substituents is 1. The van der Waals surface area contributed by atoms with Crippen LogP contribution in [-0.4, -0.2) is 49.2 Å². The van der Waals surface area contributed by atoms with Crippen LogP contribution < -0.4 is 10.5 Å². The monoisotopic (exact) mass is 465 g/mol. The largest absolute Gasteiger partial charge is 0.453 e. The molecule has 3 N–H and O–H groups in total. The summed E-state index contributed by atoms with van der Waals surface area (Å²) in [4.78, 5) is 16.3. The summed E-state index contributed by atoms with van der Waals surface area (Å²) in [5, 5.41) is 21.4. The maximum absolute atomic E-state index is 14.4. The average molecular weight is 465 g/mol. The maximum atomic E-state index is 14.4. The van der Waals surface area contributed by atoms with Gasteiger partial charge in [0.2, 0.25) is 0 Å². The van der Waals surface area contributed by atoms with E-state index in [1.807, 2.05) is 42.9 Å². The molecule has 1 aliphatic heterocycles. The van der Waals surface area contributed by atoms with E-state index in [9.17, 15) is 19.6 Å². The third-order valence-electron chi connectivity index (χ3n) is 5.84. The summed E-state index contributed by atoms with van der Waals surface area (Å²) in [5.41, 5.74) is 5.30. The number of aliphatic hydroxyl groups excluding tert-OH is 1. The number of aromatic nitrogens is 2. The molecule has 4 rings (SSSR count). The van der Waals surface area contributed by atoms with Crippen molar-refractivity contribution < 1.29 is 19.2 Å². The first-order chi connectivity index (χ1) is 16.2. The van der Waals surface area contributed by atoms with Crippen LogP contribution in [0.1, 0.15) is 25.5 Å². The topological polar surface area (TPSA) is 120 Å². The van der Waals surface area contributed by atoms with Crippen molar-refractivity contribution in [2.45, 2.75) is 31.5 Å². The molecule has 1 aliphatic rings. The predicted molar refractivity (Wildman–Crippen MR) is 124 cm³/mol. The number of nitrogens with zero attached hydrogens (tertiary/aromatic N) is 4. The van der Waals surface area contributed by atoms with Crippen LogP contribution in [0.4, 0.5) is 15.9 Å². The SMILES string of the molecule is CC(C)(C#Cc1c(Oc2ccc([N+](=O)[O-])cc2F)ccnc1N)N1CC(O)C(n2cccc2)C1. The molecule has 0 amide bonds. The fourth-order valence-corrected chi connectivity index (χ4v) is 3.86. The van der Waals surface area contributed by atoms with Crippen molar-refractivity contribution >= 4 is 11.5 Å². The van der Waals surface area contributed by atoms with Crippen LogP contribution in [0.25, 0.3) is 0 Å². The lowest BCUT2D eigenvalue weighted by Gasteiger charge is -2.30. The highest BCUT2D eigenvalue weighted by atomic mass is 19.1. The number of nitrogen functional groups attached to an aromatic ring is 1. The summed E-state index contributed by atoms with van der Waals surface area (Å²) in [6.45, 7) is 4.93. The van der Waals surface area contributed by atoms with E-state index in [0.717, 1.165) is 12.1 Å². The molecule has 34 heavy (non-hydrogen) atoms. The quantitative estimate of drug-likeness (QED) is 0.337. The van der Waals surface area contributed by atoms with Crippen LogP contribution in [0.3, 0.4) is 0 Å². The normalized spacial score (nSPS) is 18.4. The minimum Gasteiger partial charge on any atom is -0.453 e. The molecule has 2 aromatic heterocycles. The minimum atomic E-state index is -0.883. The number of pyridine rings is 1. The van der Waals surface area contributed by atoms with Gasteiger partial charge in [0.15, 0.2) is 11.6 Å². The average Bonchev–Trinajstić information content (AvgIpc) is 3.44. The number of anilines is 1. The number of β-amino-alcohol motifs (C(OH)–C–C–N with tert-alkyl or cyclic N) is 1. The van der Waals surface area contributed by atoms with E-state index in [4.69, 9.17) is 10.5 Å². The molecular weight excluding hydrogens is 441 g/mol. The van der Waals surface area contributed by atoms with E-state index in [-0.39, 0.29) is 34.6 Å². The van der Waals surface area contributed by atoms with E-state index in [1.54, 1.807) is 0 Å². The number of rotatable bonds is 5. The van der Waals surface area contributed by atoms with E-state index < -0.39 is 22.4 Å². The van der Waals surface area contributed by atoms with Gasteiger partial charge in [0.05, 0.1) is 28.7 Å². The lowest BCUT2D eigenvalue weighted by molar-refractivity contribution is -0.385. The number of nitro benzene ring substituents is 1. The van der Waals surface area contributed by atoms with Crippen molar-refractivity contribution in [1.82, 2.24) is 14.5 Å². The molecule has 1 fully saturated rings. The number of nitrogens with two attached hydrogens (primary N) is 1. The van der Waals surface area contributed by atoms with E-state index in [1.165, 1.54) is 18.3 Å². The van der Waals surface area contributed by atoms with Crippen LogP contribution in [-0.2, 0) is 0 Å². The highest BCUT2D eigenvalue weighted by Gasteiger charge is 2.38. The summed E-state index contributed by atoms with van der Waals surface area (Å²) in [7, 11) is 0. The molecule has 1 aromatic carbocycles. The number of aliphatic hydroxyl groups is 1. The predicted octanol–water partition coefficient (Wildman–Crippen LogP) is 3.35. The first kappa shape index (κ1) is 23.2. The number of likely N-dealkylation sites (tertiary alicyclic amines) is 1. The summed E-state index contributed by atoms with van der Waals surface area (Å²) in [6, 6.07) is 8.37. The Morgan fingerprint density at radius 1 is 1.26 bits per heavy atom. The molecule has 3 heterocycles. The highest BCUT2D eigenvalue weighted by molar-refractivity contribution is 5.60. The van der Waals surface area contributed by atoms with Crippen molar-refractivity contribution in [3.05, 3.63) is 76.5 Å². The number of ether oxygens (including phenoxy) is 1. The van der Waals surface area contributed by atoms with Gasteiger partial charge >= 0.3 is 0 Å². The smallest absolute Gasteiger partial charge is 0.272 e. The van der Waals surface area contributed by atoms with Crippen LogP contribution in [0, 0.1) is 27.8 Å². The molecule has 2 atom stereocenters. The Morgan fingerprint density at radius 3 is 2.68 bits per heavy atom. The summed E-state index contributed by atoms with van der Waals surface area (Å²) in [5.74, 6) is 5.39. The molecule has 10 heteroatoms. The van der Waals surface area contributed by atoms with Crippen LogP contribution in [0.5, 0.6) is 11.5 Å². The number of halogens is 1. The van der Waals surface area contributed by atoms with E-state index in [0.29, 0.717) is 13.1 Å². The summed E-state index contributed by atoms with van der Waals surface area (Å²) >= 11 is 0. The van der Waals surface area contributed by atoms with Crippen molar-refractivity contribution in [3.8, 4) is 23.3 Å². The Hall–Kier alpha value is -3.94. The van der Waals surface area contributed by atoms with Crippen LogP contribution in [0.2, 0.25) is 0 Å². The molecule has 0 aliphatic carbocycles. The Labute approximate surface area is 195 Å². The second-order valence-electron chi connectivity index (χ2n) is 8.52. The summed E-state index contributed by atoms with van der Waals surface area (Å²) in [6.07, 6.45) is 4.71. The first-order valence-corrected chi connectivity index (χ1v) is 10.6.